The summed E-state index contributed by atoms with van der Waals surface area (Å²) >= 11 is 5.45. The summed E-state index contributed by atoms with van der Waals surface area (Å²) in [5, 5.41) is 7.84. The Hall–Kier alpha value is -0.750. The minimum absolute atomic E-state index is 0.525. The second kappa shape index (κ2) is 4.86. The molecule has 0 aromatic carbocycles. The summed E-state index contributed by atoms with van der Waals surface area (Å²) in [5.74, 6) is 3.20. The normalized spacial score (nSPS) is 17.5. The Labute approximate surface area is 112 Å². The van der Waals surface area contributed by atoms with Crippen LogP contribution in [0, 0.1) is 0 Å². The van der Waals surface area contributed by atoms with Gasteiger partial charge in [-0.2, -0.15) is 16.7 Å². The van der Waals surface area contributed by atoms with Gasteiger partial charge in [-0.15, -0.1) is 5.10 Å². The van der Waals surface area contributed by atoms with Crippen LogP contribution in [-0.4, -0.2) is 32.1 Å². The highest BCUT2D eigenvalue weighted by molar-refractivity contribution is 9.10. The standard InChI is InChI=1S/C11H13BrN4S/c12-8-1-2-10-14-11(15-16(10)7-8)13-9-3-5-17-6-4-9/h1-2,7,9H,3-6H2,(H,13,15). The maximum Gasteiger partial charge on any atom is 0.243 e. The van der Waals surface area contributed by atoms with Gasteiger partial charge in [0.2, 0.25) is 5.95 Å². The highest BCUT2D eigenvalue weighted by atomic mass is 79.9. The molecule has 3 heterocycles. The molecule has 17 heavy (non-hydrogen) atoms. The van der Waals surface area contributed by atoms with E-state index in [-0.39, 0.29) is 0 Å². The molecule has 1 N–H and O–H groups in total. The monoisotopic (exact) mass is 312 g/mol. The van der Waals surface area contributed by atoms with Crippen molar-refractivity contribution in [3.8, 4) is 0 Å². The second-order valence-electron chi connectivity index (χ2n) is 4.12. The summed E-state index contributed by atoms with van der Waals surface area (Å²) in [6.45, 7) is 0. The minimum atomic E-state index is 0.525. The predicted molar refractivity (Wildman–Crippen MR) is 74.7 cm³/mol. The number of nitrogens with zero attached hydrogens (tertiary/aromatic N) is 3. The number of pyridine rings is 1. The fraction of sp³-hybridized carbons (Fsp3) is 0.455. The Morgan fingerprint density at radius 1 is 1.35 bits per heavy atom. The lowest BCUT2D eigenvalue weighted by Gasteiger charge is -2.21. The molecule has 0 saturated carbocycles. The van der Waals surface area contributed by atoms with Gasteiger partial charge in [0.15, 0.2) is 5.65 Å². The smallest absolute Gasteiger partial charge is 0.243 e. The molecule has 0 bridgehead atoms. The van der Waals surface area contributed by atoms with E-state index in [0.717, 1.165) is 16.1 Å². The Morgan fingerprint density at radius 2 is 2.18 bits per heavy atom. The third kappa shape index (κ3) is 2.57. The van der Waals surface area contributed by atoms with E-state index < -0.39 is 0 Å². The molecule has 0 radical (unpaired) electrons. The van der Waals surface area contributed by atoms with Gasteiger partial charge >= 0.3 is 0 Å². The summed E-state index contributed by atoms with van der Waals surface area (Å²) < 4.78 is 2.81. The average molecular weight is 313 g/mol. The van der Waals surface area contributed by atoms with Gasteiger partial charge in [0.05, 0.1) is 0 Å². The van der Waals surface area contributed by atoms with E-state index in [4.69, 9.17) is 0 Å². The molecule has 1 fully saturated rings. The van der Waals surface area contributed by atoms with Gasteiger partial charge in [-0.3, -0.25) is 0 Å². The van der Waals surface area contributed by atoms with Gasteiger partial charge in [0.25, 0.3) is 0 Å². The molecular formula is C11H13BrN4S. The van der Waals surface area contributed by atoms with Crippen molar-refractivity contribution in [3.05, 3.63) is 22.8 Å². The van der Waals surface area contributed by atoms with E-state index in [0.29, 0.717) is 6.04 Å². The van der Waals surface area contributed by atoms with Crippen molar-refractivity contribution >= 4 is 39.3 Å². The topological polar surface area (TPSA) is 42.2 Å². The molecule has 2 aromatic heterocycles. The van der Waals surface area contributed by atoms with Crippen molar-refractivity contribution < 1.29 is 0 Å². The number of hydrogen-bond acceptors (Lipinski definition) is 4. The Bertz CT molecular complexity index is 521. The molecule has 2 aromatic rings. The van der Waals surface area contributed by atoms with Crippen molar-refractivity contribution in [2.75, 3.05) is 16.8 Å². The largest absolute Gasteiger partial charge is 0.350 e. The third-order valence-corrected chi connectivity index (χ3v) is 4.37. The summed E-state index contributed by atoms with van der Waals surface area (Å²) in [5.41, 5.74) is 0.876. The first-order chi connectivity index (χ1) is 8.31. The van der Waals surface area contributed by atoms with Crippen LogP contribution in [0.15, 0.2) is 22.8 Å². The molecule has 0 amide bonds. The Kier molecular flexibility index (Phi) is 3.24. The number of hydrogen-bond donors (Lipinski definition) is 1. The summed E-state index contributed by atoms with van der Waals surface area (Å²) in [4.78, 5) is 4.46. The number of aromatic nitrogens is 3. The van der Waals surface area contributed by atoms with Crippen molar-refractivity contribution in [2.45, 2.75) is 18.9 Å². The van der Waals surface area contributed by atoms with Crippen LogP contribution in [-0.2, 0) is 0 Å². The lowest BCUT2D eigenvalue weighted by Crippen LogP contribution is -2.25. The Balaban J connectivity index is 1.80. The molecule has 0 atom stereocenters. The van der Waals surface area contributed by atoms with Gasteiger partial charge in [0.1, 0.15) is 0 Å². The number of rotatable bonds is 2. The summed E-state index contributed by atoms with van der Waals surface area (Å²) in [6, 6.07) is 4.46. The highest BCUT2D eigenvalue weighted by Crippen LogP contribution is 2.20. The highest BCUT2D eigenvalue weighted by Gasteiger charge is 2.15. The summed E-state index contributed by atoms with van der Waals surface area (Å²) in [6.07, 6.45) is 4.32. The zero-order valence-corrected chi connectivity index (χ0v) is 11.7. The van der Waals surface area contributed by atoms with Crippen LogP contribution < -0.4 is 5.32 Å². The number of anilines is 1. The molecule has 3 rings (SSSR count). The van der Waals surface area contributed by atoms with Gasteiger partial charge in [-0.1, -0.05) is 0 Å². The first-order valence-electron chi connectivity index (χ1n) is 5.67. The van der Waals surface area contributed by atoms with Crippen molar-refractivity contribution in [2.24, 2.45) is 0 Å². The van der Waals surface area contributed by atoms with Crippen LogP contribution in [0.3, 0.4) is 0 Å². The first kappa shape index (κ1) is 11.3. The molecule has 1 saturated heterocycles. The molecule has 0 aliphatic carbocycles. The second-order valence-corrected chi connectivity index (χ2v) is 6.26. The SMILES string of the molecule is Brc1ccc2nc(NC3CCSCC3)nn2c1. The molecule has 1 aliphatic heterocycles. The number of thioether (sulfide) groups is 1. The average Bonchev–Trinajstić information content (AvgIpc) is 2.71. The maximum atomic E-state index is 4.46. The predicted octanol–water partition coefficient (Wildman–Crippen LogP) is 2.80. The van der Waals surface area contributed by atoms with E-state index in [9.17, 15) is 0 Å². The van der Waals surface area contributed by atoms with Gasteiger partial charge in [-0.25, -0.2) is 4.52 Å². The number of halogens is 1. The molecule has 0 unspecified atom stereocenters. The lowest BCUT2D eigenvalue weighted by molar-refractivity contribution is 0.659. The fourth-order valence-electron chi connectivity index (χ4n) is 1.94. The maximum absolute atomic E-state index is 4.46. The van der Waals surface area contributed by atoms with Gasteiger partial charge in [0, 0.05) is 16.7 Å². The van der Waals surface area contributed by atoms with Crippen LogP contribution in [0.1, 0.15) is 12.8 Å². The van der Waals surface area contributed by atoms with Gasteiger partial charge < -0.3 is 5.32 Å². The molecular weight excluding hydrogens is 300 g/mol. The fourth-order valence-corrected chi connectivity index (χ4v) is 3.38. The minimum Gasteiger partial charge on any atom is -0.350 e. The Morgan fingerprint density at radius 3 is 3.00 bits per heavy atom. The van der Waals surface area contributed by atoms with Crippen molar-refractivity contribution in [1.82, 2.24) is 14.6 Å². The van der Waals surface area contributed by atoms with E-state index in [1.54, 1.807) is 4.52 Å². The first-order valence-corrected chi connectivity index (χ1v) is 7.62. The van der Waals surface area contributed by atoms with Crippen LogP contribution in [0.2, 0.25) is 0 Å². The zero-order chi connectivity index (χ0) is 11.7. The van der Waals surface area contributed by atoms with E-state index in [2.05, 4.69) is 31.3 Å². The van der Waals surface area contributed by atoms with Crippen LogP contribution in [0.5, 0.6) is 0 Å². The number of nitrogens with one attached hydrogen (secondary N) is 1. The van der Waals surface area contributed by atoms with Crippen molar-refractivity contribution in [1.29, 1.82) is 0 Å². The molecule has 1 aliphatic rings. The van der Waals surface area contributed by atoms with E-state index in [1.165, 1.54) is 24.3 Å². The van der Waals surface area contributed by atoms with Crippen LogP contribution >= 0.6 is 27.7 Å². The van der Waals surface area contributed by atoms with Crippen LogP contribution in [0.4, 0.5) is 5.95 Å². The molecule has 90 valence electrons. The van der Waals surface area contributed by atoms with Gasteiger partial charge in [-0.05, 0) is 52.4 Å². The van der Waals surface area contributed by atoms with E-state index >= 15 is 0 Å². The lowest BCUT2D eigenvalue weighted by atomic mass is 10.2. The molecule has 6 heteroatoms. The van der Waals surface area contributed by atoms with Crippen molar-refractivity contribution in [3.63, 3.8) is 0 Å². The quantitative estimate of drug-likeness (QED) is 0.926. The molecule has 0 spiro atoms. The third-order valence-electron chi connectivity index (χ3n) is 2.85. The number of fused-ring (bicyclic) bond motifs is 1. The van der Waals surface area contributed by atoms with Crippen LogP contribution in [0.25, 0.3) is 5.65 Å². The van der Waals surface area contributed by atoms with E-state index in [1.807, 2.05) is 30.1 Å². The summed E-state index contributed by atoms with van der Waals surface area (Å²) in [7, 11) is 0. The molecule has 4 nitrogen and oxygen atoms in total. The zero-order valence-electron chi connectivity index (χ0n) is 9.27.